The minimum Gasteiger partial charge on any atom is -0.493 e. The fraction of sp³-hybridized carbons (Fsp3) is 0.611. The van der Waals surface area contributed by atoms with Gasteiger partial charge in [0.25, 0.3) is 0 Å². The van der Waals surface area contributed by atoms with Crippen molar-refractivity contribution >= 4 is 5.97 Å². The van der Waals surface area contributed by atoms with Gasteiger partial charge in [0.1, 0.15) is 5.75 Å². The first-order valence-corrected chi connectivity index (χ1v) is 8.08. The summed E-state index contributed by atoms with van der Waals surface area (Å²) in [5.74, 6) is 1.52. The Morgan fingerprint density at radius 2 is 2.10 bits per heavy atom. The molecule has 1 unspecified atom stereocenters. The lowest BCUT2D eigenvalue weighted by Crippen LogP contribution is -2.20. The van der Waals surface area contributed by atoms with Crippen molar-refractivity contribution in [1.82, 2.24) is 0 Å². The van der Waals surface area contributed by atoms with Gasteiger partial charge in [0, 0.05) is 5.92 Å². The molecule has 1 aromatic carbocycles. The van der Waals surface area contributed by atoms with Gasteiger partial charge in [0.2, 0.25) is 0 Å². The van der Waals surface area contributed by atoms with Crippen LogP contribution in [0.15, 0.2) is 18.2 Å². The predicted octanol–water partition coefficient (Wildman–Crippen LogP) is 4.14. The second kappa shape index (κ2) is 6.08. The summed E-state index contributed by atoms with van der Waals surface area (Å²) in [5, 5.41) is 9.21. The van der Waals surface area contributed by atoms with Crippen LogP contribution in [0.3, 0.4) is 0 Å². The lowest BCUT2D eigenvalue weighted by atomic mass is 9.86. The summed E-state index contributed by atoms with van der Waals surface area (Å²) in [4.78, 5) is 11.2. The quantitative estimate of drug-likeness (QED) is 0.820. The minimum absolute atomic E-state index is 0.110. The maximum atomic E-state index is 11.2. The molecule has 1 atom stereocenters. The molecule has 0 aromatic heterocycles. The van der Waals surface area contributed by atoms with E-state index in [4.69, 9.17) is 4.74 Å². The Morgan fingerprint density at radius 3 is 2.67 bits per heavy atom. The van der Waals surface area contributed by atoms with Crippen molar-refractivity contribution in [2.75, 3.05) is 6.61 Å². The maximum absolute atomic E-state index is 11.2. The first-order chi connectivity index (χ1) is 10.1. The molecule has 1 aromatic rings. The van der Waals surface area contributed by atoms with E-state index in [0.717, 1.165) is 30.8 Å². The molecule has 3 nitrogen and oxygen atoms in total. The van der Waals surface area contributed by atoms with Crippen LogP contribution >= 0.6 is 0 Å². The summed E-state index contributed by atoms with van der Waals surface area (Å²) >= 11 is 0. The van der Waals surface area contributed by atoms with Crippen molar-refractivity contribution in [2.45, 2.75) is 51.4 Å². The first kappa shape index (κ1) is 14.4. The summed E-state index contributed by atoms with van der Waals surface area (Å²) in [6.07, 6.45) is 6.36. The summed E-state index contributed by atoms with van der Waals surface area (Å²) in [5.41, 5.74) is 2.29. The number of benzene rings is 1. The van der Waals surface area contributed by atoms with Crippen molar-refractivity contribution in [1.29, 1.82) is 0 Å². The van der Waals surface area contributed by atoms with Crippen LogP contribution in [0.4, 0.5) is 0 Å². The topological polar surface area (TPSA) is 46.5 Å². The molecule has 0 spiro atoms. The second-order valence-corrected chi connectivity index (χ2v) is 6.69. The molecular formula is C18H24O3. The molecule has 0 saturated heterocycles. The minimum atomic E-state index is -0.710. The van der Waals surface area contributed by atoms with E-state index >= 15 is 0 Å². The Labute approximate surface area is 126 Å². The number of rotatable bonds is 7. The van der Waals surface area contributed by atoms with E-state index < -0.39 is 5.97 Å². The third-order valence-corrected chi connectivity index (χ3v) is 4.85. The van der Waals surface area contributed by atoms with Crippen LogP contribution in [0.2, 0.25) is 0 Å². The summed E-state index contributed by atoms with van der Waals surface area (Å²) < 4.78 is 6.04. The van der Waals surface area contributed by atoms with Crippen LogP contribution in [-0.2, 0) is 4.79 Å². The van der Waals surface area contributed by atoms with E-state index in [1.54, 1.807) is 0 Å². The van der Waals surface area contributed by atoms with E-state index in [2.05, 4.69) is 19.1 Å². The molecule has 0 amide bonds. The molecule has 3 heteroatoms. The number of carboxylic acids is 1. The molecule has 3 rings (SSSR count). The monoisotopic (exact) mass is 288 g/mol. The highest BCUT2D eigenvalue weighted by atomic mass is 16.5. The van der Waals surface area contributed by atoms with Crippen molar-refractivity contribution in [3.63, 3.8) is 0 Å². The van der Waals surface area contributed by atoms with Crippen LogP contribution < -0.4 is 4.74 Å². The number of hydrogen-bond acceptors (Lipinski definition) is 2. The van der Waals surface area contributed by atoms with E-state index in [0.29, 0.717) is 11.8 Å². The molecule has 0 heterocycles. The van der Waals surface area contributed by atoms with Gasteiger partial charge in [-0.15, -0.1) is 0 Å². The number of carbonyl (C=O) groups is 1. The molecular weight excluding hydrogens is 264 g/mol. The van der Waals surface area contributed by atoms with Gasteiger partial charge in [-0.05, 0) is 56.1 Å². The van der Waals surface area contributed by atoms with Crippen LogP contribution in [0.5, 0.6) is 5.75 Å². The molecule has 0 radical (unpaired) electrons. The number of ether oxygens (including phenoxy) is 1. The largest absolute Gasteiger partial charge is 0.493 e. The molecule has 2 saturated carbocycles. The Hall–Kier alpha value is -1.51. The third kappa shape index (κ3) is 3.58. The van der Waals surface area contributed by atoms with Gasteiger partial charge in [0.15, 0.2) is 0 Å². The summed E-state index contributed by atoms with van der Waals surface area (Å²) in [6.45, 7) is 2.84. The fourth-order valence-corrected chi connectivity index (χ4v) is 3.17. The average Bonchev–Trinajstić information content (AvgIpc) is 3.20. The number of aryl methyl sites for hydroxylation is 1. The number of aliphatic carboxylic acids is 1. The highest BCUT2D eigenvalue weighted by molar-refractivity contribution is 5.68. The van der Waals surface area contributed by atoms with Crippen LogP contribution in [-0.4, -0.2) is 17.7 Å². The lowest BCUT2D eigenvalue weighted by molar-refractivity contribution is -0.137. The van der Waals surface area contributed by atoms with Gasteiger partial charge in [-0.2, -0.15) is 0 Å². The zero-order chi connectivity index (χ0) is 14.8. The second-order valence-electron chi connectivity index (χ2n) is 6.69. The Morgan fingerprint density at radius 1 is 1.33 bits per heavy atom. The van der Waals surface area contributed by atoms with Gasteiger partial charge in [-0.3, -0.25) is 4.79 Å². The smallest absolute Gasteiger partial charge is 0.303 e. The predicted molar refractivity (Wildman–Crippen MR) is 81.7 cm³/mol. The average molecular weight is 288 g/mol. The summed E-state index contributed by atoms with van der Waals surface area (Å²) in [7, 11) is 0. The molecule has 2 aliphatic rings. The fourth-order valence-electron chi connectivity index (χ4n) is 3.17. The van der Waals surface area contributed by atoms with E-state index in [9.17, 15) is 9.90 Å². The van der Waals surface area contributed by atoms with Crippen LogP contribution in [0.1, 0.15) is 55.6 Å². The van der Waals surface area contributed by atoms with Gasteiger partial charge >= 0.3 is 5.97 Å². The van der Waals surface area contributed by atoms with Crippen LogP contribution in [0, 0.1) is 18.8 Å². The lowest BCUT2D eigenvalue weighted by Gasteiger charge is -2.27. The van der Waals surface area contributed by atoms with Crippen molar-refractivity contribution in [2.24, 2.45) is 11.8 Å². The van der Waals surface area contributed by atoms with E-state index in [-0.39, 0.29) is 12.3 Å². The van der Waals surface area contributed by atoms with Gasteiger partial charge in [-0.25, -0.2) is 0 Å². The molecule has 2 fully saturated rings. The molecule has 21 heavy (non-hydrogen) atoms. The highest BCUT2D eigenvalue weighted by Gasteiger charge is 2.35. The molecule has 114 valence electrons. The SMILES string of the molecule is Cc1ccc(OCC2CCC2)c(C(CC(=O)O)C2CC2)c1. The highest BCUT2D eigenvalue weighted by Crippen LogP contribution is 2.47. The normalized spacial score (nSPS) is 19.9. The maximum Gasteiger partial charge on any atom is 0.303 e. The number of carboxylic acid groups (broad SMARTS) is 1. The molecule has 1 N–H and O–H groups in total. The zero-order valence-corrected chi connectivity index (χ0v) is 12.7. The van der Waals surface area contributed by atoms with Gasteiger partial charge < -0.3 is 9.84 Å². The van der Waals surface area contributed by atoms with E-state index in [1.807, 2.05) is 6.07 Å². The Balaban J connectivity index is 1.79. The Kier molecular flexibility index (Phi) is 4.18. The molecule has 0 aliphatic heterocycles. The third-order valence-electron chi connectivity index (χ3n) is 4.85. The standard InChI is InChI=1S/C18H24O3/c1-12-5-8-17(21-11-13-3-2-4-13)16(9-12)15(10-18(19)20)14-6-7-14/h5,8-9,13-15H,2-4,6-7,10-11H2,1H3,(H,19,20). The zero-order valence-electron chi connectivity index (χ0n) is 12.7. The van der Waals surface area contributed by atoms with Crippen molar-refractivity contribution in [3.8, 4) is 5.75 Å². The van der Waals surface area contributed by atoms with Crippen molar-refractivity contribution in [3.05, 3.63) is 29.3 Å². The summed E-state index contributed by atoms with van der Waals surface area (Å²) in [6, 6.07) is 6.22. The van der Waals surface area contributed by atoms with E-state index in [1.165, 1.54) is 24.8 Å². The van der Waals surface area contributed by atoms with Gasteiger partial charge in [-0.1, -0.05) is 24.1 Å². The molecule has 2 aliphatic carbocycles. The number of hydrogen-bond donors (Lipinski definition) is 1. The van der Waals surface area contributed by atoms with Gasteiger partial charge in [0.05, 0.1) is 13.0 Å². The van der Waals surface area contributed by atoms with Crippen LogP contribution in [0.25, 0.3) is 0 Å². The Bertz CT molecular complexity index is 515. The van der Waals surface area contributed by atoms with Crippen molar-refractivity contribution < 1.29 is 14.6 Å². The molecule has 0 bridgehead atoms. The first-order valence-electron chi connectivity index (χ1n) is 8.08.